The van der Waals surface area contributed by atoms with Gasteiger partial charge in [0.2, 0.25) is 17.7 Å². The van der Waals surface area contributed by atoms with E-state index in [0.29, 0.717) is 0 Å². The fraction of sp³-hybridized carbons (Fsp3) is 0.917. The molecule has 0 spiro atoms. The van der Waals surface area contributed by atoms with Crippen molar-refractivity contribution >= 4 is 17.7 Å². The Morgan fingerprint density at radius 3 is 1.34 bits per heavy atom. The molecule has 25 atom stereocenters. The minimum absolute atomic E-state index is 0.670. The molecular formula is C36H61N3O26. The van der Waals surface area contributed by atoms with Crippen molar-refractivity contribution in [1.29, 1.82) is 0 Å². The zero-order chi connectivity index (χ0) is 48.2. The molecule has 29 heteroatoms. The molecule has 17 N–H and O–H groups in total. The van der Waals surface area contributed by atoms with Crippen LogP contribution in [0.4, 0.5) is 0 Å². The molecular weight excluding hydrogens is 890 g/mol. The Hall–Kier alpha value is -2.51. The van der Waals surface area contributed by atoms with Crippen molar-refractivity contribution in [3.8, 4) is 0 Å². The molecule has 0 saturated carbocycles. The largest absolute Gasteiger partial charge is 0.394 e. The first-order valence-electron chi connectivity index (χ1n) is 20.6. The number of aliphatic hydroxyl groups is 14. The highest BCUT2D eigenvalue weighted by Gasteiger charge is 2.56. The van der Waals surface area contributed by atoms with Gasteiger partial charge in [-0.25, -0.2) is 0 Å². The molecule has 5 aliphatic rings. The van der Waals surface area contributed by atoms with E-state index >= 15 is 0 Å². The summed E-state index contributed by atoms with van der Waals surface area (Å²) in [4.78, 5) is 36.6. The van der Waals surface area contributed by atoms with E-state index in [4.69, 9.17) is 42.6 Å². The second kappa shape index (κ2) is 23.2. The molecule has 29 nitrogen and oxygen atoms in total. The fourth-order valence-electron chi connectivity index (χ4n) is 8.14. The molecule has 0 aromatic rings. The first kappa shape index (κ1) is 53.4. The molecule has 0 radical (unpaired) electrons. The molecule has 5 heterocycles. The molecule has 5 fully saturated rings. The van der Waals surface area contributed by atoms with E-state index in [2.05, 4.69) is 16.0 Å². The summed E-state index contributed by atoms with van der Waals surface area (Å²) in [7, 11) is 0. The first-order chi connectivity index (χ1) is 30.7. The monoisotopic (exact) mass is 951 g/mol. The molecule has 5 rings (SSSR count). The van der Waals surface area contributed by atoms with Crippen LogP contribution in [0.3, 0.4) is 0 Å². The lowest BCUT2D eigenvalue weighted by molar-refractivity contribution is -0.374. The smallest absolute Gasteiger partial charge is 0.217 e. The van der Waals surface area contributed by atoms with Crippen molar-refractivity contribution in [2.24, 2.45) is 0 Å². The Bertz CT molecular complexity index is 1550. The maximum atomic E-state index is 12.5. The molecule has 5 saturated heterocycles. The zero-order valence-electron chi connectivity index (χ0n) is 35.1. The summed E-state index contributed by atoms with van der Waals surface area (Å²) < 4.78 is 51.2. The van der Waals surface area contributed by atoms with Crippen molar-refractivity contribution in [2.75, 3.05) is 33.0 Å². The van der Waals surface area contributed by atoms with Crippen LogP contribution >= 0.6 is 0 Å². The number of hydrogen-bond acceptors (Lipinski definition) is 26. The van der Waals surface area contributed by atoms with Gasteiger partial charge in [0.15, 0.2) is 31.5 Å². The van der Waals surface area contributed by atoms with E-state index in [-0.39, 0.29) is 0 Å². The van der Waals surface area contributed by atoms with Crippen LogP contribution in [0.1, 0.15) is 20.8 Å². The van der Waals surface area contributed by atoms with E-state index in [1.54, 1.807) is 0 Å². The number of amides is 3. The maximum Gasteiger partial charge on any atom is 0.217 e. The number of carbonyl (C=O) groups excluding carboxylic acids is 3. The van der Waals surface area contributed by atoms with Gasteiger partial charge in [-0.15, -0.1) is 0 Å². The minimum atomic E-state index is -2.18. The summed E-state index contributed by atoms with van der Waals surface area (Å²) in [6.45, 7) is -1.13. The molecule has 0 aliphatic carbocycles. The van der Waals surface area contributed by atoms with Gasteiger partial charge in [0.05, 0.1) is 33.0 Å². The van der Waals surface area contributed by atoms with Gasteiger partial charge < -0.3 is 130 Å². The average molecular weight is 952 g/mol. The normalized spacial score (nSPS) is 47.1. The SMILES string of the molecule is CC(=O)N[C@H]1[C@H](OC[C@H]2OC(O)[C@H](NC(C)=O)[C@@H](O[C@@H]3O[C@H](CO)[C@H](O[C@@H]4O[C@H](CO)[C@@H](O)[C@H](O[C@@H]5O[C@H](CO)[C@H](O)[C@H](O)[C@H]5O)[C@H]4NC(C)=O)[C@H](O)[C@H]3O)[C@H]2O)O[C@H](CO)[C@@H](O)[C@@H]1O. The summed E-state index contributed by atoms with van der Waals surface area (Å²) in [5.74, 6) is -2.23. The van der Waals surface area contributed by atoms with Crippen LogP contribution in [0, 0.1) is 0 Å². The third kappa shape index (κ3) is 12.0. The lowest BCUT2D eigenvalue weighted by Gasteiger charge is -2.50. The summed E-state index contributed by atoms with van der Waals surface area (Å²) in [5.41, 5.74) is 0. The lowest BCUT2D eigenvalue weighted by Crippen LogP contribution is -2.70. The summed E-state index contributed by atoms with van der Waals surface area (Å²) in [6, 6.07) is -4.69. The molecule has 0 aromatic heterocycles. The van der Waals surface area contributed by atoms with Crippen LogP contribution in [0.2, 0.25) is 0 Å². The number of ether oxygens (including phenoxy) is 9. The standard InChI is InChI=1S/C36H61N3O26/c1-9(44)37-17-24(51)20(47)12(4-40)59-33(17)57-8-16-23(50)30(18(32(56)58-16)38-10(2)45)64-36-28(55)26(53)29(15(7-43)62-36)63-34-19(39-11(3)46)31(22(49)14(6-42)60-34)65-35-27(54)25(52)21(48)13(5-41)61-35/h12-36,40-43,47-56H,4-8H2,1-3H3,(H,37,44)(H,38,45)(H,39,46)/t12-,13-,14-,15-,16-,17-,18-,19-,20-,21+,22-,23+,24-,25+,26-,27-,28-,29+,30-,31-,32?,33-,34+,35+,36+/m1/s1. The number of rotatable bonds is 16. The van der Waals surface area contributed by atoms with Crippen LogP contribution in [0.15, 0.2) is 0 Å². The molecule has 0 aromatic carbocycles. The number of hydrogen-bond donors (Lipinski definition) is 17. The van der Waals surface area contributed by atoms with Gasteiger partial charge in [0.25, 0.3) is 0 Å². The summed E-state index contributed by atoms with van der Waals surface area (Å²) >= 11 is 0. The Morgan fingerprint density at radius 2 is 0.800 bits per heavy atom. The topological polar surface area (TPSA) is 454 Å². The van der Waals surface area contributed by atoms with Crippen molar-refractivity contribution in [2.45, 2.75) is 174 Å². The maximum absolute atomic E-state index is 12.5. The number of aliphatic hydroxyl groups excluding tert-OH is 14. The van der Waals surface area contributed by atoms with Gasteiger partial charge in [-0.05, 0) is 0 Å². The minimum Gasteiger partial charge on any atom is -0.394 e. The number of nitrogens with one attached hydrogen (secondary N) is 3. The van der Waals surface area contributed by atoms with Gasteiger partial charge in [-0.3, -0.25) is 14.4 Å². The molecule has 3 amide bonds. The van der Waals surface area contributed by atoms with E-state index < -0.39 is 204 Å². The van der Waals surface area contributed by atoms with Gasteiger partial charge in [0, 0.05) is 20.8 Å². The van der Waals surface area contributed by atoms with Crippen LogP contribution < -0.4 is 16.0 Å². The third-order valence-electron chi connectivity index (χ3n) is 11.5. The average Bonchev–Trinajstić information content (AvgIpc) is 3.25. The van der Waals surface area contributed by atoms with Crippen molar-refractivity contribution < 1.29 is 129 Å². The zero-order valence-corrected chi connectivity index (χ0v) is 35.1. The Morgan fingerprint density at radius 1 is 0.400 bits per heavy atom. The van der Waals surface area contributed by atoms with Crippen LogP contribution in [0.5, 0.6) is 0 Å². The second-order valence-electron chi connectivity index (χ2n) is 16.2. The predicted molar refractivity (Wildman–Crippen MR) is 201 cm³/mol. The molecule has 1 unspecified atom stereocenters. The van der Waals surface area contributed by atoms with Crippen LogP contribution in [-0.4, -0.2) is 276 Å². The Balaban J connectivity index is 1.35. The van der Waals surface area contributed by atoms with E-state index in [0.717, 1.165) is 20.8 Å². The quantitative estimate of drug-likeness (QED) is 0.0683. The van der Waals surface area contributed by atoms with Crippen molar-refractivity contribution in [1.82, 2.24) is 16.0 Å². The third-order valence-corrected chi connectivity index (χ3v) is 11.5. The Labute approximate surface area is 369 Å². The van der Waals surface area contributed by atoms with E-state index in [1.807, 2.05) is 0 Å². The molecule has 376 valence electrons. The lowest BCUT2D eigenvalue weighted by atomic mass is 9.94. The summed E-state index contributed by atoms with van der Waals surface area (Å²) in [5, 5.41) is 156. The highest BCUT2D eigenvalue weighted by atomic mass is 16.8. The first-order valence-corrected chi connectivity index (χ1v) is 20.6. The highest BCUT2D eigenvalue weighted by molar-refractivity contribution is 5.74. The summed E-state index contributed by atoms with van der Waals surface area (Å²) in [6.07, 6.45) is -39.7. The second-order valence-corrected chi connectivity index (χ2v) is 16.2. The van der Waals surface area contributed by atoms with Crippen LogP contribution in [-0.2, 0) is 57.0 Å². The van der Waals surface area contributed by atoms with E-state index in [1.165, 1.54) is 0 Å². The predicted octanol–water partition coefficient (Wildman–Crippen LogP) is -11.5. The van der Waals surface area contributed by atoms with Gasteiger partial charge >= 0.3 is 0 Å². The van der Waals surface area contributed by atoms with Crippen LogP contribution in [0.25, 0.3) is 0 Å². The molecule has 5 aliphatic heterocycles. The van der Waals surface area contributed by atoms with Crippen molar-refractivity contribution in [3.05, 3.63) is 0 Å². The Kier molecular flexibility index (Phi) is 19.1. The van der Waals surface area contributed by atoms with Gasteiger partial charge in [0.1, 0.15) is 122 Å². The van der Waals surface area contributed by atoms with Gasteiger partial charge in [-0.1, -0.05) is 0 Å². The van der Waals surface area contributed by atoms with Crippen molar-refractivity contribution in [3.63, 3.8) is 0 Å². The fourth-order valence-corrected chi connectivity index (χ4v) is 8.14. The molecule has 65 heavy (non-hydrogen) atoms. The highest BCUT2D eigenvalue weighted by Crippen LogP contribution is 2.35. The van der Waals surface area contributed by atoms with E-state index in [9.17, 15) is 85.9 Å². The number of carbonyl (C=O) groups is 3. The van der Waals surface area contributed by atoms with Gasteiger partial charge in [-0.2, -0.15) is 0 Å². The molecule has 0 bridgehead atoms.